The van der Waals surface area contributed by atoms with Gasteiger partial charge < -0.3 is 10.5 Å². The molecule has 0 aliphatic rings. The SMILES string of the molecule is COCCCSC(CN)c1sccc1C. The largest absolute Gasteiger partial charge is 0.385 e. The van der Waals surface area contributed by atoms with Crippen LogP contribution in [0.4, 0.5) is 0 Å². The van der Waals surface area contributed by atoms with Crippen molar-refractivity contribution in [2.24, 2.45) is 5.73 Å². The Morgan fingerprint density at radius 1 is 1.60 bits per heavy atom. The van der Waals surface area contributed by atoms with Crippen LogP contribution in [0.3, 0.4) is 0 Å². The lowest BCUT2D eigenvalue weighted by atomic mass is 10.2. The van der Waals surface area contributed by atoms with E-state index in [0.29, 0.717) is 5.25 Å². The normalized spacial score (nSPS) is 13.0. The van der Waals surface area contributed by atoms with E-state index in [1.54, 1.807) is 7.11 Å². The van der Waals surface area contributed by atoms with Crippen LogP contribution in [0.1, 0.15) is 22.1 Å². The molecule has 1 rings (SSSR count). The molecule has 1 atom stereocenters. The fourth-order valence-corrected chi connectivity index (χ4v) is 3.73. The number of hydrogen-bond donors (Lipinski definition) is 1. The molecular weight excluding hydrogens is 226 g/mol. The van der Waals surface area contributed by atoms with Crippen LogP contribution in [-0.2, 0) is 4.74 Å². The van der Waals surface area contributed by atoms with E-state index in [0.717, 1.165) is 25.3 Å². The molecule has 1 heterocycles. The van der Waals surface area contributed by atoms with Gasteiger partial charge in [0.1, 0.15) is 0 Å². The number of nitrogens with two attached hydrogens (primary N) is 1. The zero-order chi connectivity index (χ0) is 11.1. The molecule has 2 nitrogen and oxygen atoms in total. The van der Waals surface area contributed by atoms with Crippen LogP contribution in [0.2, 0.25) is 0 Å². The van der Waals surface area contributed by atoms with Gasteiger partial charge in [-0.25, -0.2) is 0 Å². The maximum absolute atomic E-state index is 5.80. The topological polar surface area (TPSA) is 35.2 Å². The third-order valence-electron chi connectivity index (χ3n) is 2.22. The van der Waals surface area contributed by atoms with E-state index in [-0.39, 0.29) is 0 Å². The third-order valence-corrected chi connectivity index (χ3v) is 4.86. The molecular formula is C11H19NOS2. The molecule has 0 saturated carbocycles. The van der Waals surface area contributed by atoms with Crippen LogP contribution in [0.15, 0.2) is 11.4 Å². The number of methoxy groups -OCH3 is 1. The molecule has 0 fully saturated rings. The number of ether oxygens (including phenoxy) is 1. The lowest BCUT2D eigenvalue weighted by Gasteiger charge is -2.13. The number of hydrogen-bond acceptors (Lipinski definition) is 4. The molecule has 1 unspecified atom stereocenters. The first-order valence-electron chi connectivity index (χ1n) is 5.14. The van der Waals surface area contributed by atoms with Gasteiger partial charge in [-0.1, -0.05) is 0 Å². The van der Waals surface area contributed by atoms with Gasteiger partial charge in [0.05, 0.1) is 5.25 Å². The van der Waals surface area contributed by atoms with Gasteiger partial charge in [-0.3, -0.25) is 0 Å². The molecule has 0 amide bonds. The lowest BCUT2D eigenvalue weighted by molar-refractivity contribution is 0.200. The Morgan fingerprint density at radius 2 is 2.40 bits per heavy atom. The quantitative estimate of drug-likeness (QED) is 0.750. The first-order valence-corrected chi connectivity index (χ1v) is 7.07. The summed E-state index contributed by atoms with van der Waals surface area (Å²) in [6, 6.07) is 2.17. The Kier molecular flexibility index (Phi) is 6.32. The molecule has 0 radical (unpaired) electrons. The first-order chi connectivity index (χ1) is 7.29. The van der Waals surface area contributed by atoms with Crippen LogP contribution in [0.5, 0.6) is 0 Å². The Balaban J connectivity index is 2.39. The summed E-state index contributed by atoms with van der Waals surface area (Å²) in [6.45, 7) is 3.72. The molecule has 0 spiro atoms. The average Bonchev–Trinajstić information content (AvgIpc) is 2.65. The molecule has 0 aromatic carbocycles. The van der Waals surface area contributed by atoms with E-state index in [2.05, 4.69) is 18.4 Å². The summed E-state index contributed by atoms with van der Waals surface area (Å²) in [4.78, 5) is 1.43. The van der Waals surface area contributed by atoms with E-state index < -0.39 is 0 Å². The van der Waals surface area contributed by atoms with Gasteiger partial charge in [-0.05, 0) is 36.1 Å². The number of thiophene rings is 1. The lowest BCUT2D eigenvalue weighted by Crippen LogP contribution is -2.10. The van der Waals surface area contributed by atoms with E-state index >= 15 is 0 Å². The van der Waals surface area contributed by atoms with Crippen molar-refractivity contribution in [3.63, 3.8) is 0 Å². The minimum Gasteiger partial charge on any atom is -0.385 e. The molecule has 86 valence electrons. The highest BCUT2D eigenvalue weighted by Crippen LogP contribution is 2.33. The summed E-state index contributed by atoms with van der Waals surface area (Å²) < 4.78 is 5.03. The molecule has 0 bridgehead atoms. The molecule has 0 saturated heterocycles. The van der Waals surface area contributed by atoms with Crippen LogP contribution < -0.4 is 5.73 Å². The van der Waals surface area contributed by atoms with Crippen molar-refractivity contribution >= 4 is 23.1 Å². The molecule has 1 aromatic rings. The standard InChI is InChI=1S/C11H19NOS2/c1-9-4-7-15-11(9)10(8-12)14-6-3-5-13-2/h4,7,10H,3,5-6,8,12H2,1-2H3. The van der Waals surface area contributed by atoms with Crippen LogP contribution >= 0.6 is 23.1 Å². The van der Waals surface area contributed by atoms with Gasteiger partial charge in [-0.15, -0.1) is 11.3 Å². The summed E-state index contributed by atoms with van der Waals surface area (Å²) in [5, 5.41) is 2.60. The van der Waals surface area contributed by atoms with Crippen molar-refractivity contribution in [1.29, 1.82) is 0 Å². The van der Waals surface area contributed by atoms with Crippen molar-refractivity contribution in [3.05, 3.63) is 21.9 Å². The maximum atomic E-state index is 5.80. The Labute approximate surface area is 100 Å². The van der Waals surface area contributed by atoms with Crippen LogP contribution in [-0.4, -0.2) is 26.0 Å². The highest BCUT2D eigenvalue weighted by atomic mass is 32.2. The molecule has 4 heteroatoms. The highest BCUT2D eigenvalue weighted by molar-refractivity contribution is 7.99. The van der Waals surface area contributed by atoms with E-state index in [1.165, 1.54) is 10.4 Å². The van der Waals surface area contributed by atoms with Crippen molar-refractivity contribution in [2.45, 2.75) is 18.6 Å². The summed E-state index contributed by atoms with van der Waals surface area (Å²) in [6.07, 6.45) is 1.10. The summed E-state index contributed by atoms with van der Waals surface area (Å²) in [5.74, 6) is 1.12. The smallest absolute Gasteiger partial charge is 0.0516 e. The zero-order valence-corrected chi connectivity index (χ0v) is 11.0. The highest BCUT2D eigenvalue weighted by Gasteiger charge is 2.13. The van der Waals surface area contributed by atoms with Gasteiger partial charge in [0.2, 0.25) is 0 Å². The van der Waals surface area contributed by atoms with Gasteiger partial charge in [-0.2, -0.15) is 11.8 Å². The predicted molar refractivity (Wildman–Crippen MR) is 69.8 cm³/mol. The second kappa shape index (κ2) is 7.28. The molecule has 0 aliphatic carbocycles. The maximum Gasteiger partial charge on any atom is 0.0516 e. The van der Waals surface area contributed by atoms with Crippen LogP contribution in [0.25, 0.3) is 0 Å². The molecule has 15 heavy (non-hydrogen) atoms. The minimum atomic E-state index is 0.460. The number of rotatable bonds is 7. The minimum absolute atomic E-state index is 0.460. The van der Waals surface area contributed by atoms with E-state index in [4.69, 9.17) is 10.5 Å². The molecule has 1 aromatic heterocycles. The molecule has 0 aliphatic heterocycles. The summed E-state index contributed by atoms with van der Waals surface area (Å²) in [7, 11) is 1.74. The fraction of sp³-hybridized carbons (Fsp3) is 0.636. The third kappa shape index (κ3) is 4.15. The predicted octanol–water partition coefficient (Wildman–Crippen LogP) is 2.83. The van der Waals surface area contributed by atoms with Crippen LogP contribution in [0, 0.1) is 6.92 Å². The van der Waals surface area contributed by atoms with E-state index in [9.17, 15) is 0 Å². The fourth-order valence-electron chi connectivity index (χ4n) is 1.39. The second-order valence-corrected chi connectivity index (χ2v) is 5.67. The first kappa shape index (κ1) is 13.0. The van der Waals surface area contributed by atoms with Gasteiger partial charge in [0.25, 0.3) is 0 Å². The monoisotopic (exact) mass is 245 g/mol. The van der Waals surface area contributed by atoms with Crippen molar-refractivity contribution in [1.82, 2.24) is 0 Å². The van der Waals surface area contributed by atoms with Gasteiger partial charge >= 0.3 is 0 Å². The van der Waals surface area contributed by atoms with Gasteiger partial charge in [0.15, 0.2) is 0 Å². The van der Waals surface area contributed by atoms with Crippen molar-refractivity contribution in [3.8, 4) is 0 Å². The van der Waals surface area contributed by atoms with Crippen molar-refractivity contribution < 1.29 is 4.74 Å². The Morgan fingerprint density at radius 3 is 2.93 bits per heavy atom. The Hall–Kier alpha value is -0.0300. The number of aryl methyl sites for hydroxylation is 1. The second-order valence-electron chi connectivity index (χ2n) is 3.41. The Bertz CT molecular complexity index is 275. The zero-order valence-electron chi connectivity index (χ0n) is 9.36. The average molecular weight is 245 g/mol. The summed E-state index contributed by atoms with van der Waals surface area (Å²) >= 11 is 3.75. The van der Waals surface area contributed by atoms with E-state index in [1.807, 2.05) is 23.1 Å². The van der Waals surface area contributed by atoms with Crippen molar-refractivity contribution in [2.75, 3.05) is 26.0 Å². The summed E-state index contributed by atoms with van der Waals surface area (Å²) in [5.41, 5.74) is 7.17. The molecule has 2 N–H and O–H groups in total. The number of thioether (sulfide) groups is 1. The van der Waals surface area contributed by atoms with Gasteiger partial charge in [0, 0.05) is 25.1 Å².